The number of benzene rings is 1. The first kappa shape index (κ1) is 18.2. The van der Waals surface area contributed by atoms with Crippen molar-refractivity contribution in [1.82, 2.24) is 10.6 Å². The fourth-order valence-corrected chi connectivity index (χ4v) is 4.13. The summed E-state index contributed by atoms with van der Waals surface area (Å²) in [5.74, 6) is -1.61. The molecule has 1 saturated heterocycles. The largest absolute Gasteiger partial charge is 0.375 e. The molecule has 2 N–H and O–H groups in total. The van der Waals surface area contributed by atoms with Gasteiger partial charge >= 0.3 is 0 Å². The molecule has 2 amide bonds. The topological polar surface area (TPSA) is 95.6 Å². The molecule has 1 fully saturated rings. The summed E-state index contributed by atoms with van der Waals surface area (Å²) in [4.78, 5) is 25.3. The second-order valence-corrected chi connectivity index (χ2v) is 8.14. The zero-order valence-electron chi connectivity index (χ0n) is 13.5. The number of sulfone groups is 1. The Morgan fingerprint density at radius 3 is 2.58 bits per heavy atom. The molecule has 0 spiro atoms. The summed E-state index contributed by atoms with van der Waals surface area (Å²) < 4.78 is 36.5. The van der Waals surface area contributed by atoms with Crippen molar-refractivity contribution < 1.29 is 22.4 Å². The van der Waals surface area contributed by atoms with Crippen molar-refractivity contribution in [3.05, 3.63) is 29.6 Å². The van der Waals surface area contributed by atoms with Gasteiger partial charge in [0.2, 0.25) is 5.91 Å². The van der Waals surface area contributed by atoms with Crippen LogP contribution >= 0.6 is 0 Å². The molecule has 1 atom stereocenters. The third-order valence-corrected chi connectivity index (χ3v) is 5.47. The fraction of sp³-hybridized carbons (Fsp3) is 0.467. The van der Waals surface area contributed by atoms with Crippen LogP contribution in [0.25, 0.3) is 0 Å². The van der Waals surface area contributed by atoms with Gasteiger partial charge in [-0.1, -0.05) is 0 Å². The number of carbonyl (C=O) groups excluding carboxylic acids is 2. The summed E-state index contributed by atoms with van der Waals surface area (Å²) in [7, 11) is 0.293. The predicted molar refractivity (Wildman–Crippen MR) is 88.3 cm³/mol. The van der Waals surface area contributed by atoms with Gasteiger partial charge < -0.3 is 15.5 Å². The molecule has 9 heteroatoms. The molecule has 0 unspecified atom stereocenters. The second-order valence-electron chi connectivity index (χ2n) is 5.91. The van der Waals surface area contributed by atoms with Gasteiger partial charge in [-0.05, 0) is 24.6 Å². The standard InChI is InChI=1S/C15H20FN3O4S/c1-19(2)13-4-3-10(7-12(13)16)15(21)17-8-14(20)18-11-5-6-24(22,23)9-11/h3-4,7,11H,5-6,8-9H2,1-2H3,(H,17,21)(H,18,20)/t11-/m0/s1. The van der Waals surface area contributed by atoms with Crippen molar-refractivity contribution >= 4 is 27.3 Å². The maximum atomic E-state index is 13.8. The predicted octanol–water partition coefficient (Wildman–Crippen LogP) is -0.0752. The number of hydrogen-bond donors (Lipinski definition) is 2. The first-order chi connectivity index (χ1) is 11.2. The minimum absolute atomic E-state index is 0.0573. The van der Waals surface area contributed by atoms with E-state index in [9.17, 15) is 22.4 Å². The van der Waals surface area contributed by atoms with E-state index >= 15 is 0 Å². The lowest BCUT2D eigenvalue weighted by molar-refractivity contribution is -0.120. The molecule has 1 aliphatic heterocycles. The van der Waals surface area contributed by atoms with Gasteiger partial charge in [-0.3, -0.25) is 9.59 Å². The highest BCUT2D eigenvalue weighted by Gasteiger charge is 2.28. The summed E-state index contributed by atoms with van der Waals surface area (Å²) in [6.45, 7) is -0.299. The SMILES string of the molecule is CN(C)c1ccc(C(=O)NCC(=O)N[C@H]2CCS(=O)(=O)C2)cc1F. The normalized spacial score (nSPS) is 18.9. The van der Waals surface area contributed by atoms with Gasteiger partial charge in [-0.15, -0.1) is 0 Å². The molecule has 1 aromatic carbocycles. The van der Waals surface area contributed by atoms with Gasteiger partial charge in [0.1, 0.15) is 5.82 Å². The van der Waals surface area contributed by atoms with Crippen LogP contribution in [0.15, 0.2) is 18.2 Å². The minimum atomic E-state index is -3.08. The highest BCUT2D eigenvalue weighted by atomic mass is 32.2. The lowest BCUT2D eigenvalue weighted by atomic mass is 10.1. The molecule has 0 aliphatic carbocycles. The van der Waals surface area contributed by atoms with E-state index < -0.39 is 33.5 Å². The molecule has 0 saturated carbocycles. The molecule has 1 aromatic rings. The minimum Gasteiger partial charge on any atom is -0.375 e. The Labute approximate surface area is 140 Å². The van der Waals surface area contributed by atoms with Crippen molar-refractivity contribution in [2.24, 2.45) is 0 Å². The van der Waals surface area contributed by atoms with Crippen LogP contribution in [0.1, 0.15) is 16.8 Å². The average Bonchev–Trinajstić information content (AvgIpc) is 2.83. The van der Waals surface area contributed by atoms with E-state index in [1.807, 2.05) is 0 Å². The number of nitrogens with zero attached hydrogens (tertiary/aromatic N) is 1. The van der Waals surface area contributed by atoms with Crippen LogP contribution in [0.2, 0.25) is 0 Å². The highest BCUT2D eigenvalue weighted by Crippen LogP contribution is 2.18. The lowest BCUT2D eigenvalue weighted by Crippen LogP contribution is -2.42. The molecular formula is C15H20FN3O4S. The van der Waals surface area contributed by atoms with Crippen molar-refractivity contribution in [2.75, 3.05) is 37.0 Å². The number of nitrogens with one attached hydrogen (secondary N) is 2. The molecule has 0 radical (unpaired) electrons. The number of anilines is 1. The maximum Gasteiger partial charge on any atom is 0.251 e. The average molecular weight is 357 g/mol. The van der Waals surface area contributed by atoms with Gasteiger partial charge in [0.25, 0.3) is 5.91 Å². The number of carbonyl (C=O) groups is 2. The van der Waals surface area contributed by atoms with E-state index in [1.54, 1.807) is 19.0 Å². The van der Waals surface area contributed by atoms with E-state index in [-0.39, 0.29) is 23.6 Å². The Kier molecular flexibility index (Phi) is 5.43. The quantitative estimate of drug-likeness (QED) is 0.769. The van der Waals surface area contributed by atoms with E-state index in [0.29, 0.717) is 12.1 Å². The third kappa shape index (κ3) is 4.67. The highest BCUT2D eigenvalue weighted by molar-refractivity contribution is 7.91. The van der Waals surface area contributed by atoms with Crippen LogP contribution in [-0.2, 0) is 14.6 Å². The number of hydrogen-bond acceptors (Lipinski definition) is 5. The first-order valence-corrected chi connectivity index (χ1v) is 9.25. The van der Waals surface area contributed by atoms with Crippen molar-refractivity contribution in [2.45, 2.75) is 12.5 Å². The van der Waals surface area contributed by atoms with Crippen LogP contribution in [-0.4, -0.2) is 58.4 Å². The molecule has 7 nitrogen and oxygen atoms in total. The first-order valence-electron chi connectivity index (χ1n) is 7.43. The number of amides is 2. The summed E-state index contributed by atoms with van der Waals surface area (Å²) in [5.41, 5.74) is 0.459. The van der Waals surface area contributed by atoms with Gasteiger partial charge in [0.15, 0.2) is 9.84 Å². The zero-order valence-corrected chi connectivity index (χ0v) is 14.3. The molecule has 24 heavy (non-hydrogen) atoms. The van der Waals surface area contributed by atoms with Crippen molar-refractivity contribution in [3.63, 3.8) is 0 Å². The fourth-order valence-electron chi connectivity index (χ4n) is 2.46. The maximum absolute atomic E-state index is 13.8. The van der Waals surface area contributed by atoms with E-state index in [1.165, 1.54) is 12.1 Å². The van der Waals surface area contributed by atoms with Crippen LogP contribution in [0.3, 0.4) is 0 Å². The van der Waals surface area contributed by atoms with Crippen LogP contribution in [0, 0.1) is 5.82 Å². The summed E-state index contributed by atoms with van der Waals surface area (Å²) in [5, 5.41) is 4.95. The second kappa shape index (κ2) is 7.16. The summed E-state index contributed by atoms with van der Waals surface area (Å²) in [6.07, 6.45) is 0.374. The Balaban J connectivity index is 1.86. The number of halogens is 1. The number of rotatable bonds is 5. The molecule has 2 rings (SSSR count). The van der Waals surface area contributed by atoms with E-state index in [4.69, 9.17) is 0 Å². The molecule has 132 valence electrons. The van der Waals surface area contributed by atoms with Crippen LogP contribution < -0.4 is 15.5 Å². The molecule has 1 heterocycles. The van der Waals surface area contributed by atoms with E-state index in [0.717, 1.165) is 6.07 Å². The van der Waals surface area contributed by atoms with E-state index in [2.05, 4.69) is 10.6 Å². The van der Waals surface area contributed by atoms with Gasteiger partial charge in [-0.25, -0.2) is 12.8 Å². The van der Waals surface area contributed by atoms with Gasteiger partial charge in [0, 0.05) is 25.7 Å². The van der Waals surface area contributed by atoms with Crippen LogP contribution in [0.5, 0.6) is 0 Å². The van der Waals surface area contributed by atoms with Gasteiger partial charge in [-0.2, -0.15) is 0 Å². The Morgan fingerprint density at radius 1 is 1.33 bits per heavy atom. The molecule has 0 aromatic heterocycles. The van der Waals surface area contributed by atoms with Gasteiger partial charge in [0.05, 0.1) is 23.7 Å². The Morgan fingerprint density at radius 2 is 2.04 bits per heavy atom. The smallest absolute Gasteiger partial charge is 0.251 e. The molecule has 1 aliphatic rings. The monoisotopic (exact) mass is 357 g/mol. The van der Waals surface area contributed by atoms with Crippen molar-refractivity contribution in [3.8, 4) is 0 Å². The molecule has 0 bridgehead atoms. The summed E-state index contributed by atoms with van der Waals surface area (Å²) >= 11 is 0. The zero-order chi connectivity index (χ0) is 17.9. The van der Waals surface area contributed by atoms with Crippen molar-refractivity contribution in [1.29, 1.82) is 0 Å². The van der Waals surface area contributed by atoms with Crippen LogP contribution in [0.4, 0.5) is 10.1 Å². The lowest BCUT2D eigenvalue weighted by Gasteiger charge is -2.14. The third-order valence-electron chi connectivity index (χ3n) is 3.70. The Bertz CT molecular complexity index is 749. The Hall–Kier alpha value is -2.16. The summed E-state index contributed by atoms with van der Waals surface area (Å²) in [6, 6.07) is 3.63. The molecular weight excluding hydrogens is 337 g/mol.